The quantitative estimate of drug-likeness (QED) is 0.867. The maximum Gasteiger partial charge on any atom is 0.412 e. The maximum absolute atomic E-state index is 12.5. The first-order valence-electron chi connectivity index (χ1n) is 6.64. The summed E-state index contributed by atoms with van der Waals surface area (Å²) in [5.74, 6) is 0. The van der Waals surface area contributed by atoms with Crippen LogP contribution in [0.2, 0.25) is 0 Å². The van der Waals surface area contributed by atoms with E-state index < -0.39 is 11.7 Å². The van der Waals surface area contributed by atoms with E-state index in [1.165, 1.54) is 6.08 Å². The van der Waals surface area contributed by atoms with Crippen molar-refractivity contribution in [2.24, 2.45) is 5.73 Å². The molecule has 1 aromatic rings. The summed E-state index contributed by atoms with van der Waals surface area (Å²) < 4.78 is 37.6. The standard InChI is InChI=1S/C14H18F3N3/c1-2-12(18)13-4-3-11(9-19-13)20-7-5-10(6-8-20)14(15,16)17/h3-5,9,12H,2,6-8,18H2,1H3/t12-/m0/s1. The van der Waals surface area contributed by atoms with Gasteiger partial charge in [-0.05, 0) is 25.0 Å². The second-order valence-electron chi connectivity index (χ2n) is 4.88. The van der Waals surface area contributed by atoms with Crippen LogP contribution in [0.5, 0.6) is 0 Å². The van der Waals surface area contributed by atoms with Crippen molar-refractivity contribution in [3.05, 3.63) is 35.7 Å². The normalized spacial score (nSPS) is 17.9. The van der Waals surface area contributed by atoms with E-state index >= 15 is 0 Å². The molecule has 6 heteroatoms. The molecule has 0 bridgehead atoms. The Hall–Kier alpha value is -1.56. The number of rotatable bonds is 3. The zero-order valence-corrected chi connectivity index (χ0v) is 11.3. The Morgan fingerprint density at radius 1 is 1.40 bits per heavy atom. The third kappa shape index (κ3) is 3.30. The molecule has 1 aliphatic heterocycles. The summed E-state index contributed by atoms with van der Waals surface area (Å²) >= 11 is 0. The van der Waals surface area contributed by atoms with Gasteiger partial charge in [0.25, 0.3) is 0 Å². The summed E-state index contributed by atoms with van der Waals surface area (Å²) in [5, 5.41) is 0. The van der Waals surface area contributed by atoms with E-state index in [0.717, 1.165) is 17.8 Å². The van der Waals surface area contributed by atoms with Crippen LogP contribution in [0, 0.1) is 0 Å². The van der Waals surface area contributed by atoms with Gasteiger partial charge in [0.1, 0.15) is 0 Å². The Balaban J connectivity index is 2.06. The topological polar surface area (TPSA) is 42.1 Å². The van der Waals surface area contributed by atoms with Crippen molar-refractivity contribution in [1.29, 1.82) is 0 Å². The van der Waals surface area contributed by atoms with Crippen LogP contribution in [-0.4, -0.2) is 24.2 Å². The van der Waals surface area contributed by atoms with Crippen LogP contribution < -0.4 is 10.6 Å². The van der Waals surface area contributed by atoms with Crippen molar-refractivity contribution < 1.29 is 13.2 Å². The lowest BCUT2D eigenvalue weighted by molar-refractivity contribution is -0.0943. The number of aromatic nitrogens is 1. The summed E-state index contributed by atoms with van der Waals surface area (Å²) in [6.45, 7) is 2.59. The van der Waals surface area contributed by atoms with Crippen LogP contribution in [0.25, 0.3) is 0 Å². The van der Waals surface area contributed by atoms with Gasteiger partial charge in [-0.1, -0.05) is 13.0 Å². The fourth-order valence-corrected chi connectivity index (χ4v) is 2.17. The molecule has 0 amide bonds. The van der Waals surface area contributed by atoms with E-state index in [-0.39, 0.29) is 19.0 Å². The number of anilines is 1. The number of nitrogens with zero attached hydrogens (tertiary/aromatic N) is 2. The predicted octanol–water partition coefficient (Wildman–Crippen LogP) is 3.19. The molecule has 0 saturated heterocycles. The first-order valence-corrected chi connectivity index (χ1v) is 6.64. The van der Waals surface area contributed by atoms with Crippen LogP contribution in [0.3, 0.4) is 0 Å². The zero-order chi connectivity index (χ0) is 14.8. The predicted molar refractivity (Wildman–Crippen MR) is 72.4 cm³/mol. The monoisotopic (exact) mass is 285 g/mol. The highest BCUT2D eigenvalue weighted by molar-refractivity contribution is 5.47. The van der Waals surface area contributed by atoms with Gasteiger partial charge in [-0.15, -0.1) is 0 Å². The highest BCUT2D eigenvalue weighted by atomic mass is 19.4. The fraction of sp³-hybridized carbons (Fsp3) is 0.500. The van der Waals surface area contributed by atoms with Crippen molar-refractivity contribution in [2.45, 2.75) is 32.0 Å². The maximum atomic E-state index is 12.5. The molecule has 0 unspecified atom stereocenters. The van der Waals surface area contributed by atoms with Crippen molar-refractivity contribution in [1.82, 2.24) is 4.98 Å². The SMILES string of the molecule is CC[C@H](N)c1ccc(N2CC=C(C(F)(F)F)CC2)cn1. The number of hydrogen-bond acceptors (Lipinski definition) is 3. The van der Waals surface area contributed by atoms with Gasteiger partial charge in [0, 0.05) is 24.7 Å². The smallest absolute Gasteiger partial charge is 0.366 e. The number of hydrogen-bond donors (Lipinski definition) is 1. The lowest BCUT2D eigenvalue weighted by atomic mass is 10.1. The van der Waals surface area contributed by atoms with Gasteiger partial charge in [0.15, 0.2) is 0 Å². The second kappa shape index (κ2) is 5.83. The molecule has 0 aromatic carbocycles. The Morgan fingerprint density at radius 2 is 2.15 bits per heavy atom. The number of halogens is 3. The van der Waals surface area contributed by atoms with Gasteiger partial charge in [-0.3, -0.25) is 4.98 Å². The van der Waals surface area contributed by atoms with Crippen LogP contribution in [0.15, 0.2) is 30.0 Å². The molecule has 3 nitrogen and oxygen atoms in total. The minimum atomic E-state index is -4.21. The molecule has 110 valence electrons. The van der Waals surface area contributed by atoms with E-state index in [4.69, 9.17) is 5.73 Å². The minimum absolute atomic E-state index is 0.0136. The lowest BCUT2D eigenvalue weighted by Crippen LogP contribution is -2.32. The number of pyridine rings is 1. The first-order chi connectivity index (χ1) is 9.41. The van der Waals surface area contributed by atoms with Gasteiger partial charge in [-0.2, -0.15) is 13.2 Å². The van der Waals surface area contributed by atoms with Crippen LogP contribution >= 0.6 is 0 Å². The lowest BCUT2D eigenvalue weighted by Gasteiger charge is -2.29. The molecule has 1 atom stereocenters. The summed E-state index contributed by atoms with van der Waals surface area (Å²) in [4.78, 5) is 6.16. The van der Waals surface area contributed by atoms with Gasteiger partial charge in [-0.25, -0.2) is 0 Å². The molecular weight excluding hydrogens is 267 g/mol. The zero-order valence-electron chi connectivity index (χ0n) is 11.3. The Labute approximate surface area is 116 Å². The summed E-state index contributed by atoms with van der Waals surface area (Å²) in [5.41, 5.74) is 7.07. The van der Waals surface area contributed by atoms with Crippen molar-refractivity contribution in [3.8, 4) is 0 Å². The van der Waals surface area contributed by atoms with Crippen LogP contribution in [0.1, 0.15) is 31.5 Å². The van der Waals surface area contributed by atoms with Gasteiger partial charge < -0.3 is 10.6 Å². The number of nitrogens with two attached hydrogens (primary N) is 1. The molecule has 0 spiro atoms. The van der Waals surface area contributed by atoms with E-state index in [2.05, 4.69) is 4.98 Å². The Bertz CT molecular complexity index is 479. The van der Waals surface area contributed by atoms with Gasteiger partial charge >= 0.3 is 6.18 Å². The van der Waals surface area contributed by atoms with Gasteiger partial charge in [0.2, 0.25) is 0 Å². The molecule has 0 saturated carbocycles. The van der Waals surface area contributed by atoms with E-state index in [9.17, 15) is 13.2 Å². The second-order valence-corrected chi connectivity index (χ2v) is 4.88. The average Bonchev–Trinajstić information content (AvgIpc) is 2.46. The molecule has 1 aliphatic rings. The summed E-state index contributed by atoms with van der Waals surface area (Å²) in [6, 6.07) is 3.61. The van der Waals surface area contributed by atoms with E-state index in [0.29, 0.717) is 6.54 Å². The molecule has 0 radical (unpaired) electrons. The highest BCUT2D eigenvalue weighted by Crippen LogP contribution is 2.31. The fourth-order valence-electron chi connectivity index (χ4n) is 2.17. The molecular formula is C14H18F3N3. The van der Waals surface area contributed by atoms with Crippen molar-refractivity contribution in [2.75, 3.05) is 18.0 Å². The molecule has 20 heavy (non-hydrogen) atoms. The average molecular weight is 285 g/mol. The summed E-state index contributed by atoms with van der Waals surface area (Å²) in [6.07, 6.45) is -0.470. The Kier molecular flexibility index (Phi) is 4.32. The molecule has 0 aliphatic carbocycles. The van der Waals surface area contributed by atoms with Crippen LogP contribution in [0.4, 0.5) is 18.9 Å². The Morgan fingerprint density at radius 3 is 2.60 bits per heavy atom. The molecule has 2 rings (SSSR count). The molecule has 2 heterocycles. The first kappa shape index (κ1) is 14.8. The third-order valence-electron chi connectivity index (χ3n) is 3.53. The van der Waals surface area contributed by atoms with Crippen molar-refractivity contribution in [3.63, 3.8) is 0 Å². The van der Waals surface area contributed by atoms with Crippen molar-refractivity contribution >= 4 is 5.69 Å². The van der Waals surface area contributed by atoms with Crippen LogP contribution in [-0.2, 0) is 0 Å². The van der Waals surface area contributed by atoms with Gasteiger partial charge in [0.05, 0.1) is 17.6 Å². The molecule has 1 aromatic heterocycles. The molecule has 2 N–H and O–H groups in total. The summed E-state index contributed by atoms with van der Waals surface area (Å²) in [7, 11) is 0. The largest absolute Gasteiger partial charge is 0.412 e. The number of alkyl halides is 3. The third-order valence-corrected chi connectivity index (χ3v) is 3.53. The van der Waals surface area contributed by atoms with E-state index in [1.54, 1.807) is 6.20 Å². The van der Waals surface area contributed by atoms with E-state index in [1.807, 2.05) is 24.0 Å². The molecule has 0 fully saturated rings. The minimum Gasteiger partial charge on any atom is -0.366 e. The highest BCUT2D eigenvalue weighted by Gasteiger charge is 2.34.